The molecular formula is C16H17Cl2NO. The topological polar surface area (TPSA) is 21.3 Å². The van der Waals surface area contributed by atoms with E-state index in [1.165, 1.54) is 0 Å². The van der Waals surface area contributed by atoms with Crippen molar-refractivity contribution in [3.8, 4) is 0 Å². The summed E-state index contributed by atoms with van der Waals surface area (Å²) in [5.41, 5.74) is 2.08. The zero-order valence-electron chi connectivity index (χ0n) is 11.3. The molecule has 0 saturated carbocycles. The van der Waals surface area contributed by atoms with Gasteiger partial charge in [0.1, 0.15) is 0 Å². The Balaban J connectivity index is 2.06. The molecule has 0 aliphatic carbocycles. The number of likely N-dealkylation sites (N-methyl/N-ethyl adjacent to an activating group) is 1. The van der Waals surface area contributed by atoms with E-state index in [0.717, 1.165) is 21.2 Å². The van der Waals surface area contributed by atoms with Crippen LogP contribution in [0.3, 0.4) is 0 Å². The van der Waals surface area contributed by atoms with E-state index in [9.17, 15) is 0 Å². The van der Waals surface area contributed by atoms with Gasteiger partial charge in [0.15, 0.2) is 0 Å². The molecule has 1 unspecified atom stereocenters. The molecule has 2 nitrogen and oxygen atoms in total. The summed E-state index contributed by atoms with van der Waals surface area (Å²) >= 11 is 12.1. The van der Waals surface area contributed by atoms with Gasteiger partial charge in [-0.1, -0.05) is 53.5 Å². The molecule has 0 amide bonds. The van der Waals surface area contributed by atoms with Gasteiger partial charge in [0.05, 0.1) is 12.7 Å². The van der Waals surface area contributed by atoms with E-state index in [4.69, 9.17) is 27.9 Å². The Morgan fingerprint density at radius 3 is 2.40 bits per heavy atom. The second kappa shape index (κ2) is 7.65. The quantitative estimate of drug-likeness (QED) is 0.850. The third-order valence-corrected chi connectivity index (χ3v) is 3.60. The monoisotopic (exact) mass is 309 g/mol. The predicted molar refractivity (Wildman–Crippen MR) is 84.4 cm³/mol. The number of hydrogen-bond acceptors (Lipinski definition) is 2. The number of ether oxygens (including phenoxy) is 1. The van der Waals surface area contributed by atoms with Crippen LogP contribution in [0.25, 0.3) is 0 Å². The van der Waals surface area contributed by atoms with E-state index in [2.05, 4.69) is 5.32 Å². The molecule has 1 N–H and O–H groups in total. The van der Waals surface area contributed by atoms with Crippen molar-refractivity contribution < 1.29 is 4.74 Å². The molecule has 0 aromatic heterocycles. The fraction of sp³-hybridized carbons (Fsp3) is 0.250. The van der Waals surface area contributed by atoms with Crippen molar-refractivity contribution in [1.82, 2.24) is 5.32 Å². The molecule has 0 saturated heterocycles. The third-order valence-electron chi connectivity index (χ3n) is 3.01. The Hall–Kier alpha value is -1.06. The minimum Gasteiger partial charge on any atom is -0.367 e. The van der Waals surface area contributed by atoms with Gasteiger partial charge in [-0.3, -0.25) is 0 Å². The summed E-state index contributed by atoms with van der Waals surface area (Å²) in [6.07, 6.45) is -0.0793. The van der Waals surface area contributed by atoms with Crippen LogP contribution in [0.2, 0.25) is 10.0 Å². The highest BCUT2D eigenvalue weighted by molar-refractivity contribution is 6.31. The molecule has 1 atom stereocenters. The van der Waals surface area contributed by atoms with Crippen molar-refractivity contribution in [3.63, 3.8) is 0 Å². The van der Waals surface area contributed by atoms with Gasteiger partial charge in [0.2, 0.25) is 0 Å². The highest BCUT2D eigenvalue weighted by Crippen LogP contribution is 2.26. The molecule has 0 spiro atoms. The van der Waals surface area contributed by atoms with Crippen LogP contribution in [0.1, 0.15) is 17.2 Å². The summed E-state index contributed by atoms with van der Waals surface area (Å²) in [7, 11) is 1.90. The van der Waals surface area contributed by atoms with Crippen LogP contribution in [0.15, 0.2) is 48.5 Å². The molecule has 0 radical (unpaired) electrons. The molecule has 2 aromatic rings. The fourth-order valence-corrected chi connectivity index (χ4v) is 2.34. The maximum Gasteiger partial charge on any atom is 0.0968 e. The minimum atomic E-state index is -0.0793. The lowest BCUT2D eigenvalue weighted by molar-refractivity contribution is 0.0411. The molecule has 0 aliphatic heterocycles. The van der Waals surface area contributed by atoms with E-state index in [-0.39, 0.29) is 6.10 Å². The summed E-state index contributed by atoms with van der Waals surface area (Å²) in [4.78, 5) is 0. The van der Waals surface area contributed by atoms with Crippen molar-refractivity contribution in [2.45, 2.75) is 12.7 Å². The predicted octanol–water partition coefficient (Wildman–Crippen LogP) is 4.47. The van der Waals surface area contributed by atoms with E-state index in [0.29, 0.717) is 13.2 Å². The lowest BCUT2D eigenvalue weighted by Crippen LogP contribution is -2.20. The maximum absolute atomic E-state index is 6.23. The smallest absolute Gasteiger partial charge is 0.0968 e. The minimum absolute atomic E-state index is 0.0793. The molecule has 2 aromatic carbocycles. The number of hydrogen-bond donors (Lipinski definition) is 1. The summed E-state index contributed by atoms with van der Waals surface area (Å²) in [6.45, 7) is 1.23. The molecule has 0 bridgehead atoms. The summed E-state index contributed by atoms with van der Waals surface area (Å²) in [6, 6.07) is 15.4. The Bertz CT molecular complexity index is 542. The van der Waals surface area contributed by atoms with Gasteiger partial charge in [0, 0.05) is 22.2 Å². The van der Waals surface area contributed by atoms with Crippen LogP contribution < -0.4 is 5.32 Å². The molecule has 20 heavy (non-hydrogen) atoms. The van der Waals surface area contributed by atoms with E-state index in [1.54, 1.807) is 0 Å². The molecule has 0 aliphatic rings. The fourth-order valence-electron chi connectivity index (χ4n) is 1.96. The largest absolute Gasteiger partial charge is 0.367 e. The standard InChI is InChI=1S/C16H17Cl2NO/c1-19-10-16(14-4-2-3-5-15(14)18)20-11-12-6-8-13(17)9-7-12/h2-9,16,19H,10-11H2,1H3. The SMILES string of the molecule is CNCC(OCc1ccc(Cl)cc1)c1ccccc1Cl. The number of rotatable bonds is 6. The molecule has 106 valence electrons. The zero-order chi connectivity index (χ0) is 14.4. The average molecular weight is 310 g/mol. The normalized spacial score (nSPS) is 12.3. The van der Waals surface area contributed by atoms with Gasteiger partial charge in [0.25, 0.3) is 0 Å². The number of benzene rings is 2. The molecule has 0 fully saturated rings. The zero-order valence-corrected chi connectivity index (χ0v) is 12.8. The van der Waals surface area contributed by atoms with E-state index < -0.39 is 0 Å². The van der Waals surface area contributed by atoms with E-state index >= 15 is 0 Å². The first-order valence-electron chi connectivity index (χ1n) is 6.46. The van der Waals surface area contributed by atoms with Crippen molar-refractivity contribution in [2.75, 3.05) is 13.6 Å². The van der Waals surface area contributed by atoms with Crippen molar-refractivity contribution in [2.24, 2.45) is 0 Å². The second-order valence-electron chi connectivity index (χ2n) is 4.51. The molecule has 0 heterocycles. The molecule has 2 rings (SSSR count). The first kappa shape index (κ1) is 15.3. The second-order valence-corrected chi connectivity index (χ2v) is 5.35. The van der Waals surface area contributed by atoms with Crippen LogP contribution in [-0.4, -0.2) is 13.6 Å². The van der Waals surface area contributed by atoms with E-state index in [1.807, 2.05) is 55.6 Å². The Kier molecular flexibility index (Phi) is 5.86. The Labute approximate surface area is 129 Å². The van der Waals surface area contributed by atoms with Crippen molar-refractivity contribution in [1.29, 1.82) is 0 Å². The number of nitrogens with one attached hydrogen (secondary N) is 1. The van der Waals surface area contributed by atoms with Gasteiger partial charge in [-0.15, -0.1) is 0 Å². The van der Waals surface area contributed by atoms with Crippen LogP contribution >= 0.6 is 23.2 Å². The van der Waals surface area contributed by atoms with Gasteiger partial charge < -0.3 is 10.1 Å². The molecule has 4 heteroatoms. The van der Waals surface area contributed by atoms with Gasteiger partial charge >= 0.3 is 0 Å². The van der Waals surface area contributed by atoms with Crippen molar-refractivity contribution in [3.05, 3.63) is 69.7 Å². The Morgan fingerprint density at radius 1 is 1.05 bits per heavy atom. The lowest BCUT2D eigenvalue weighted by Gasteiger charge is -2.19. The van der Waals surface area contributed by atoms with Crippen molar-refractivity contribution >= 4 is 23.2 Å². The first-order valence-corrected chi connectivity index (χ1v) is 7.21. The molecular weight excluding hydrogens is 293 g/mol. The third kappa shape index (κ3) is 4.22. The van der Waals surface area contributed by atoms with Crippen LogP contribution in [0.5, 0.6) is 0 Å². The summed E-state index contributed by atoms with van der Waals surface area (Å²) in [5, 5.41) is 4.59. The van der Waals surface area contributed by atoms with Crippen LogP contribution in [0, 0.1) is 0 Å². The van der Waals surface area contributed by atoms with Crippen LogP contribution in [-0.2, 0) is 11.3 Å². The summed E-state index contributed by atoms with van der Waals surface area (Å²) < 4.78 is 5.99. The van der Waals surface area contributed by atoms with Gasteiger partial charge in [-0.2, -0.15) is 0 Å². The highest BCUT2D eigenvalue weighted by Gasteiger charge is 2.14. The first-order chi connectivity index (χ1) is 9.70. The Morgan fingerprint density at radius 2 is 1.75 bits per heavy atom. The van der Waals surface area contributed by atoms with Gasteiger partial charge in [-0.25, -0.2) is 0 Å². The number of halogens is 2. The maximum atomic E-state index is 6.23. The highest BCUT2D eigenvalue weighted by atomic mass is 35.5. The van der Waals surface area contributed by atoms with Crippen LogP contribution in [0.4, 0.5) is 0 Å². The lowest BCUT2D eigenvalue weighted by atomic mass is 10.1. The summed E-state index contributed by atoms with van der Waals surface area (Å²) in [5.74, 6) is 0. The average Bonchev–Trinajstić information content (AvgIpc) is 2.46. The van der Waals surface area contributed by atoms with Gasteiger partial charge in [-0.05, 0) is 30.8 Å².